The molecule has 3 N–H and O–H groups in total. The summed E-state index contributed by atoms with van der Waals surface area (Å²) in [5.41, 5.74) is 5.30. The van der Waals surface area contributed by atoms with Crippen LogP contribution in [0.2, 0.25) is 0 Å². The number of likely N-dealkylation sites (N-methyl/N-ethyl adjacent to an activating group) is 1. The second-order valence-electron chi connectivity index (χ2n) is 5.29. The van der Waals surface area contributed by atoms with Crippen LogP contribution in [0.15, 0.2) is 18.2 Å². The lowest BCUT2D eigenvalue weighted by molar-refractivity contribution is -0.124. The van der Waals surface area contributed by atoms with Crippen molar-refractivity contribution in [2.45, 2.75) is 12.5 Å². The minimum atomic E-state index is -1.01. The van der Waals surface area contributed by atoms with Gasteiger partial charge in [-0.15, -0.1) is 0 Å². The van der Waals surface area contributed by atoms with Gasteiger partial charge in [-0.25, -0.2) is 0 Å². The molecular weight excluding hydrogens is 270 g/mol. The molecule has 0 radical (unpaired) electrons. The van der Waals surface area contributed by atoms with Gasteiger partial charge in [0.05, 0.1) is 14.2 Å². The number of rotatable bonds is 8. The molecule has 118 valence electrons. The van der Waals surface area contributed by atoms with Gasteiger partial charge in [-0.05, 0) is 33.2 Å². The topological polar surface area (TPSA) is 76.8 Å². The zero-order chi connectivity index (χ0) is 16.0. The molecule has 0 saturated heterocycles. The monoisotopic (exact) mass is 295 g/mol. The zero-order valence-electron chi connectivity index (χ0n) is 13.4. The van der Waals surface area contributed by atoms with Gasteiger partial charge in [0.1, 0.15) is 17.0 Å². The highest BCUT2D eigenvalue weighted by molar-refractivity contribution is 5.86. The molecule has 0 aromatic heterocycles. The maximum absolute atomic E-state index is 12.0. The van der Waals surface area contributed by atoms with Crippen molar-refractivity contribution in [3.63, 3.8) is 0 Å². The first kappa shape index (κ1) is 17.3. The fourth-order valence-corrected chi connectivity index (χ4v) is 2.06. The van der Waals surface area contributed by atoms with Gasteiger partial charge >= 0.3 is 0 Å². The highest BCUT2D eigenvalue weighted by atomic mass is 16.5. The van der Waals surface area contributed by atoms with Gasteiger partial charge in [0.2, 0.25) is 5.91 Å². The first-order chi connectivity index (χ1) is 9.85. The first-order valence-corrected chi connectivity index (χ1v) is 6.77. The molecule has 0 fully saturated rings. The summed E-state index contributed by atoms with van der Waals surface area (Å²) < 4.78 is 10.5. The van der Waals surface area contributed by atoms with Gasteiger partial charge in [-0.2, -0.15) is 0 Å². The van der Waals surface area contributed by atoms with Gasteiger partial charge in [-0.1, -0.05) is 0 Å². The molecule has 6 heteroatoms. The van der Waals surface area contributed by atoms with Crippen LogP contribution in [0.5, 0.6) is 11.5 Å². The van der Waals surface area contributed by atoms with E-state index < -0.39 is 11.4 Å². The summed E-state index contributed by atoms with van der Waals surface area (Å²) in [6.07, 6.45) is 0. The maximum atomic E-state index is 12.0. The van der Waals surface area contributed by atoms with Crippen molar-refractivity contribution in [1.29, 1.82) is 0 Å². The van der Waals surface area contributed by atoms with Crippen molar-refractivity contribution in [1.82, 2.24) is 10.2 Å². The van der Waals surface area contributed by atoms with Crippen molar-refractivity contribution in [2.24, 2.45) is 5.73 Å². The van der Waals surface area contributed by atoms with E-state index in [1.54, 1.807) is 39.3 Å². The molecule has 1 aromatic rings. The van der Waals surface area contributed by atoms with Crippen molar-refractivity contribution < 1.29 is 14.3 Å². The van der Waals surface area contributed by atoms with Gasteiger partial charge in [0, 0.05) is 24.7 Å². The Kier molecular flexibility index (Phi) is 5.99. The molecule has 1 unspecified atom stereocenters. The molecule has 0 aliphatic rings. The minimum absolute atomic E-state index is 0.454. The van der Waals surface area contributed by atoms with Gasteiger partial charge in [0.25, 0.3) is 0 Å². The highest BCUT2D eigenvalue weighted by Crippen LogP contribution is 2.33. The molecule has 0 spiro atoms. The van der Waals surface area contributed by atoms with Crippen LogP contribution in [0.3, 0.4) is 0 Å². The van der Waals surface area contributed by atoms with Crippen LogP contribution in [-0.4, -0.2) is 52.2 Å². The smallest absolute Gasteiger partial charge is 0.242 e. The summed E-state index contributed by atoms with van der Waals surface area (Å²) in [6.45, 7) is 3.18. The number of carbonyl (C=O) groups is 1. The first-order valence-electron chi connectivity index (χ1n) is 6.77. The van der Waals surface area contributed by atoms with E-state index in [0.29, 0.717) is 23.6 Å². The summed E-state index contributed by atoms with van der Waals surface area (Å²) in [6, 6.07) is 5.32. The molecule has 0 aliphatic heterocycles. The molecule has 1 atom stereocenters. The fraction of sp³-hybridized carbons (Fsp3) is 0.533. The van der Waals surface area contributed by atoms with E-state index in [0.717, 1.165) is 6.54 Å². The maximum Gasteiger partial charge on any atom is 0.242 e. The van der Waals surface area contributed by atoms with Crippen LogP contribution in [0.1, 0.15) is 12.5 Å². The van der Waals surface area contributed by atoms with Crippen LogP contribution in [0, 0.1) is 0 Å². The lowest BCUT2D eigenvalue weighted by Crippen LogP contribution is -2.52. The van der Waals surface area contributed by atoms with Gasteiger partial charge < -0.3 is 20.1 Å². The van der Waals surface area contributed by atoms with Crippen LogP contribution in [0.4, 0.5) is 0 Å². The van der Waals surface area contributed by atoms with Crippen LogP contribution < -0.4 is 20.5 Å². The van der Waals surface area contributed by atoms with Crippen molar-refractivity contribution in [3.8, 4) is 11.5 Å². The molecule has 6 nitrogen and oxygen atoms in total. The number of hydrogen-bond acceptors (Lipinski definition) is 5. The molecule has 1 rings (SSSR count). The van der Waals surface area contributed by atoms with E-state index >= 15 is 0 Å². The van der Waals surface area contributed by atoms with Crippen molar-refractivity contribution in [2.75, 3.05) is 41.4 Å². The number of methoxy groups -OCH3 is 2. The minimum Gasteiger partial charge on any atom is -0.497 e. The van der Waals surface area contributed by atoms with Crippen LogP contribution >= 0.6 is 0 Å². The third-order valence-corrected chi connectivity index (χ3v) is 3.48. The molecule has 21 heavy (non-hydrogen) atoms. The Hall–Kier alpha value is -1.79. The van der Waals surface area contributed by atoms with E-state index in [2.05, 4.69) is 5.32 Å². The predicted octanol–water partition coefficient (Wildman–Crippen LogP) is 0.556. The second-order valence-corrected chi connectivity index (χ2v) is 5.29. The number of benzene rings is 1. The Bertz CT molecular complexity index is 491. The van der Waals surface area contributed by atoms with E-state index in [1.807, 2.05) is 19.0 Å². The SMILES string of the molecule is COc1ccc(C(C)(NCCN(C)C)C(N)=O)c(OC)c1. The van der Waals surface area contributed by atoms with Crippen LogP contribution in [-0.2, 0) is 10.3 Å². The molecule has 1 amide bonds. The number of nitrogens with zero attached hydrogens (tertiary/aromatic N) is 1. The number of hydrogen-bond donors (Lipinski definition) is 2. The fourth-order valence-electron chi connectivity index (χ4n) is 2.06. The third kappa shape index (κ3) is 4.09. The summed E-state index contributed by atoms with van der Waals surface area (Å²) in [7, 11) is 7.07. The van der Waals surface area contributed by atoms with Gasteiger partial charge in [0.15, 0.2) is 0 Å². The number of nitrogens with one attached hydrogen (secondary N) is 1. The molecular formula is C15H25N3O3. The van der Waals surface area contributed by atoms with E-state index in [4.69, 9.17) is 15.2 Å². The molecule has 0 heterocycles. The standard InChI is InChI=1S/C15H25N3O3/c1-15(14(16)19,17-8-9-18(2)3)12-7-6-11(20-4)10-13(12)21-5/h6-7,10,17H,8-9H2,1-5H3,(H2,16,19). The number of ether oxygens (including phenoxy) is 2. The molecule has 0 saturated carbocycles. The van der Waals surface area contributed by atoms with Crippen LogP contribution in [0.25, 0.3) is 0 Å². The van der Waals surface area contributed by atoms with Gasteiger partial charge in [-0.3, -0.25) is 10.1 Å². The van der Waals surface area contributed by atoms with E-state index in [9.17, 15) is 4.79 Å². The summed E-state index contributed by atoms with van der Waals surface area (Å²) >= 11 is 0. The Labute approximate surface area is 126 Å². The zero-order valence-corrected chi connectivity index (χ0v) is 13.4. The normalized spacial score (nSPS) is 13.8. The summed E-state index contributed by atoms with van der Waals surface area (Å²) in [5.74, 6) is 0.772. The number of nitrogens with two attached hydrogens (primary N) is 1. The van der Waals surface area contributed by atoms with E-state index in [1.165, 1.54) is 0 Å². The third-order valence-electron chi connectivity index (χ3n) is 3.48. The van der Waals surface area contributed by atoms with Crippen molar-refractivity contribution in [3.05, 3.63) is 23.8 Å². The van der Waals surface area contributed by atoms with Crippen molar-refractivity contribution >= 4 is 5.91 Å². The summed E-state index contributed by atoms with van der Waals surface area (Å²) in [5, 5.41) is 3.22. The number of primary amides is 1. The molecule has 1 aromatic carbocycles. The Morgan fingerprint density at radius 3 is 2.48 bits per heavy atom. The van der Waals surface area contributed by atoms with E-state index in [-0.39, 0.29) is 0 Å². The Morgan fingerprint density at radius 1 is 1.33 bits per heavy atom. The largest absolute Gasteiger partial charge is 0.497 e. The highest BCUT2D eigenvalue weighted by Gasteiger charge is 2.35. The second kappa shape index (κ2) is 7.28. The lowest BCUT2D eigenvalue weighted by atomic mass is 9.90. The molecule has 0 aliphatic carbocycles. The molecule has 0 bridgehead atoms. The average Bonchev–Trinajstić information content (AvgIpc) is 2.45. The quantitative estimate of drug-likeness (QED) is 0.732. The number of carbonyl (C=O) groups excluding carboxylic acids is 1. The lowest BCUT2D eigenvalue weighted by Gasteiger charge is -2.30. The Balaban J connectivity index is 3.12. The predicted molar refractivity (Wildman–Crippen MR) is 82.6 cm³/mol. The number of amides is 1. The Morgan fingerprint density at radius 2 is 2.00 bits per heavy atom. The summed E-state index contributed by atoms with van der Waals surface area (Å²) in [4.78, 5) is 14.0. The average molecular weight is 295 g/mol.